The van der Waals surface area contributed by atoms with Crippen LogP contribution in [0.25, 0.3) is 0 Å². The normalized spacial score (nSPS) is 23.6. The minimum absolute atomic E-state index is 0.0857. The molecule has 0 aromatic carbocycles. The molecule has 6 amide bonds. The number of nitrogens with one attached hydrogen (secondary N) is 4. The lowest BCUT2D eigenvalue weighted by Gasteiger charge is -2.39. The van der Waals surface area contributed by atoms with Crippen LogP contribution >= 0.6 is 0 Å². The number of piperidine rings is 1. The first-order chi connectivity index (χ1) is 21.1. The van der Waals surface area contributed by atoms with Crippen molar-refractivity contribution in [2.75, 3.05) is 26.7 Å². The van der Waals surface area contributed by atoms with Gasteiger partial charge in [-0.15, -0.1) is 6.58 Å². The van der Waals surface area contributed by atoms with Crippen molar-refractivity contribution in [2.24, 2.45) is 34.0 Å². The minimum atomic E-state index is -0.993. The van der Waals surface area contributed by atoms with Gasteiger partial charge in [0.25, 0.3) is 5.91 Å². The van der Waals surface area contributed by atoms with Gasteiger partial charge in [0.1, 0.15) is 12.1 Å². The fraction of sp³-hybridized carbons (Fsp3) is 0.765. The molecule has 1 aliphatic heterocycles. The van der Waals surface area contributed by atoms with E-state index in [4.69, 9.17) is 0 Å². The predicted molar refractivity (Wildman–Crippen MR) is 175 cm³/mol. The van der Waals surface area contributed by atoms with Crippen LogP contribution in [0.3, 0.4) is 0 Å². The number of rotatable bonds is 13. The first-order valence-corrected chi connectivity index (χ1v) is 16.4. The summed E-state index contributed by atoms with van der Waals surface area (Å²) < 4.78 is 0. The van der Waals surface area contributed by atoms with Crippen molar-refractivity contribution in [1.82, 2.24) is 31.1 Å². The molecule has 1 heterocycles. The maximum atomic E-state index is 14.3. The van der Waals surface area contributed by atoms with E-state index < -0.39 is 53.2 Å². The number of ketones is 1. The molecule has 3 aliphatic rings. The van der Waals surface area contributed by atoms with E-state index >= 15 is 0 Å². The number of urea groups is 1. The number of likely N-dealkylation sites (tertiary alicyclic amines) is 1. The standard InChI is InChI=1S/C34H56N6O6/c1-12-15-35-29(44)26(42)22(16-20-13-14-20)36-28(43)25-24-21(34(24,9)10)17-40(25)30(45)27(33(6,7)8)38-31(46)37-23(32(3,4)5)18-39(11)19(2)41/h12,20-25,27H,1,13-18H2,2-11H3,(H,35,44)(H,36,43)(H2,37,38,46)/t21-,22?,23+,24-,25-,27+/m0/s1. The smallest absolute Gasteiger partial charge is 0.315 e. The number of hydrogen-bond acceptors (Lipinski definition) is 6. The zero-order valence-electron chi connectivity index (χ0n) is 29.4. The molecule has 6 atom stereocenters. The molecule has 2 aliphatic carbocycles. The van der Waals surface area contributed by atoms with E-state index in [1.807, 2.05) is 41.5 Å². The molecule has 4 N–H and O–H groups in total. The van der Waals surface area contributed by atoms with Gasteiger partial charge >= 0.3 is 6.03 Å². The van der Waals surface area contributed by atoms with E-state index in [0.717, 1.165) is 12.8 Å². The highest BCUT2D eigenvalue weighted by Crippen LogP contribution is 2.65. The molecule has 0 aromatic rings. The molecule has 3 fully saturated rings. The van der Waals surface area contributed by atoms with Crippen LogP contribution < -0.4 is 21.3 Å². The lowest BCUT2D eigenvalue weighted by Crippen LogP contribution is -2.62. The lowest BCUT2D eigenvalue weighted by atomic mass is 9.85. The maximum absolute atomic E-state index is 14.3. The van der Waals surface area contributed by atoms with Gasteiger partial charge in [0.05, 0.1) is 12.1 Å². The highest BCUT2D eigenvalue weighted by atomic mass is 16.2. The molecule has 12 nitrogen and oxygen atoms in total. The Bertz CT molecular complexity index is 1230. The Morgan fingerprint density at radius 2 is 1.59 bits per heavy atom. The molecule has 0 aromatic heterocycles. The summed E-state index contributed by atoms with van der Waals surface area (Å²) in [5.41, 5.74) is -1.27. The van der Waals surface area contributed by atoms with Gasteiger partial charge in [-0.1, -0.05) is 74.3 Å². The van der Waals surface area contributed by atoms with E-state index in [9.17, 15) is 28.8 Å². The third kappa shape index (κ3) is 8.67. The molecular weight excluding hydrogens is 588 g/mol. The van der Waals surface area contributed by atoms with Gasteiger partial charge in [0.15, 0.2) is 0 Å². The van der Waals surface area contributed by atoms with Crippen molar-refractivity contribution < 1.29 is 28.8 Å². The number of carbonyl (C=O) groups is 6. The predicted octanol–water partition coefficient (Wildman–Crippen LogP) is 2.23. The van der Waals surface area contributed by atoms with Crippen LogP contribution in [0.15, 0.2) is 12.7 Å². The lowest BCUT2D eigenvalue weighted by molar-refractivity contribution is -0.145. The molecular formula is C34H56N6O6. The number of carbonyl (C=O) groups excluding carboxylic acids is 6. The summed E-state index contributed by atoms with van der Waals surface area (Å²) in [4.78, 5) is 82.4. The zero-order valence-corrected chi connectivity index (χ0v) is 29.4. The number of hydrogen-bond donors (Lipinski definition) is 4. The number of likely N-dealkylation sites (N-methyl/N-ethyl adjacent to an activating group) is 1. The fourth-order valence-electron chi connectivity index (χ4n) is 6.48. The van der Waals surface area contributed by atoms with Crippen molar-refractivity contribution in [2.45, 2.75) is 106 Å². The summed E-state index contributed by atoms with van der Waals surface area (Å²) >= 11 is 0. The van der Waals surface area contributed by atoms with Gasteiger partial charge in [-0.2, -0.15) is 0 Å². The molecule has 1 unspecified atom stereocenters. The molecule has 46 heavy (non-hydrogen) atoms. The first-order valence-electron chi connectivity index (χ1n) is 16.4. The van der Waals surface area contributed by atoms with Crippen LogP contribution in [-0.2, 0) is 24.0 Å². The second-order valence-corrected chi connectivity index (χ2v) is 16.2. The topological polar surface area (TPSA) is 157 Å². The molecule has 0 radical (unpaired) electrons. The van der Waals surface area contributed by atoms with Crippen LogP contribution in [-0.4, -0.2) is 96.1 Å². The maximum Gasteiger partial charge on any atom is 0.315 e. The van der Waals surface area contributed by atoms with E-state index in [-0.39, 0.29) is 46.9 Å². The average molecular weight is 645 g/mol. The van der Waals surface area contributed by atoms with Crippen LogP contribution in [0.2, 0.25) is 0 Å². The Morgan fingerprint density at radius 3 is 2.09 bits per heavy atom. The van der Waals surface area contributed by atoms with Crippen molar-refractivity contribution in [1.29, 1.82) is 0 Å². The number of Topliss-reactive ketones (excluding diaryl/α,β-unsaturated/α-hetero) is 1. The van der Waals surface area contributed by atoms with Crippen LogP contribution in [0, 0.1) is 34.0 Å². The van der Waals surface area contributed by atoms with Crippen molar-refractivity contribution >= 4 is 35.4 Å². The summed E-state index contributed by atoms with van der Waals surface area (Å²) in [7, 11) is 1.67. The average Bonchev–Trinajstić information content (AvgIpc) is 3.79. The van der Waals surface area contributed by atoms with Gasteiger partial charge < -0.3 is 31.1 Å². The second-order valence-electron chi connectivity index (χ2n) is 16.2. The Balaban J connectivity index is 1.82. The molecule has 12 heteroatoms. The molecule has 258 valence electrons. The van der Waals surface area contributed by atoms with Crippen molar-refractivity contribution in [3.05, 3.63) is 12.7 Å². The van der Waals surface area contributed by atoms with Gasteiger partial charge in [0.2, 0.25) is 23.5 Å². The first kappa shape index (κ1) is 37.0. The second kappa shape index (κ2) is 13.7. The molecule has 0 spiro atoms. The summed E-state index contributed by atoms with van der Waals surface area (Å²) in [6, 6.07) is -3.76. The SMILES string of the molecule is C=CCNC(=O)C(=O)C(CC1CC1)NC(=O)[C@@H]1[C@@H]2[C@H](CN1C(=O)[C@@H](NC(=O)N[C@H](CN(C)C(C)=O)C(C)(C)C)C(C)(C)C)C2(C)C. The molecule has 1 saturated heterocycles. The number of fused-ring (bicyclic) bond motifs is 1. The highest BCUT2D eigenvalue weighted by Gasteiger charge is 2.70. The van der Waals surface area contributed by atoms with Gasteiger partial charge in [0, 0.05) is 33.6 Å². The third-order valence-electron chi connectivity index (χ3n) is 10.0. The third-order valence-corrected chi connectivity index (χ3v) is 10.0. The highest BCUT2D eigenvalue weighted by molar-refractivity contribution is 6.38. The zero-order chi connectivity index (χ0) is 34.9. The largest absolute Gasteiger partial charge is 0.346 e. The molecule has 0 bridgehead atoms. The summed E-state index contributed by atoms with van der Waals surface area (Å²) in [5.74, 6) is -2.23. The van der Waals surface area contributed by atoms with E-state index in [2.05, 4.69) is 41.7 Å². The fourth-order valence-corrected chi connectivity index (χ4v) is 6.48. The quantitative estimate of drug-likeness (QED) is 0.178. The van der Waals surface area contributed by atoms with Gasteiger partial charge in [-0.25, -0.2) is 4.79 Å². The van der Waals surface area contributed by atoms with Crippen LogP contribution in [0.5, 0.6) is 0 Å². The van der Waals surface area contributed by atoms with E-state index in [1.165, 1.54) is 17.9 Å². The van der Waals surface area contributed by atoms with Crippen LogP contribution in [0.4, 0.5) is 4.79 Å². The minimum Gasteiger partial charge on any atom is -0.346 e. The van der Waals surface area contributed by atoms with Crippen molar-refractivity contribution in [3.8, 4) is 0 Å². The Labute approximate surface area is 274 Å². The van der Waals surface area contributed by atoms with Crippen LogP contribution in [0.1, 0.15) is 81.6 Å². The van der Waals surface area contributed by atoms with Crippen molar-refractivity contribution in [3.63, 3.8) is 0 Å². The Morgan fingerprint density at radius 1 is 0.978 bits per heavy atom. The Hall–Kier alpha value is -3.44. The summed E-state index contributed by atoms with van der Waals surface area (Å²) in [6.45, 7) is 21.4. The molecule has 2 saturated carbocycles. The van der Waals surface area contributed by atoms with E-state index in [0.29, 0.717) is 19.5 Å². The summed E-state index contributed by atoms with van der Waals surface area (Å²) in [5, 5.41) is 11.2. The van der Waals surface area contributed by atoms with E-state index in [1.54, 1.807) is 11.9 Å². The van der Waals surface area contributed by atoms with Gasteiger partial charge in [-0.05, 0) is 40.4 Å². The molecule has 3 rings (SSSR count). The van der Waals surface area contributed by atoms with Gasteiger partial charge in [-0.3, -0.25) is 24.0 Å². The number of amides is 6. The Kier molecular flexibility index (Phi) is 11.1. The number of nitrogens with zero attached hydrogens (tertiary/aromatic N) is 2. The summed E-state index contributed by atoms with van der Waals surface area (Å²) in [6.07, 6.45) is 3.71. The monoisotopic (exact) mass is 644 g/mol.